The van der Waals surface area contributed by atoms with Crippen molar-refractivity contribution in [2.75, 3.05) is 26.2 Å². The first-order valence-electron chi connectivity index (χ1n) is 5.80. The third-order valence-electron chi connectivity index (χ3n) is 3.62. The normalized spacial score (nSPS) is 21.5. The summed E-state index contributed by atoms with van der Waals surface area (Å²) >= 11 is 0. The summed E-state index contributed by atoms with van der Waals surface area (Å²) in [7, 11) is 0. The number of piperidine rings is 1. The van der Waals surface area contributed by atoms with E-state index in [1.165, 1.54) is 0 Å². The Labute approximate surface area is 91.4 Å². The summed E-state index contributed by atoms with van der Waals surface area (Å²) in [6.45, 7) is 5.51. The lowest BCUT2D eigenvalue weighted by Crippen LogP contribution is -2.44. The summed E-state index contributed by atoms with van der Waals surface area (Å²) in [5.74, 6) is -0.622. The molecule has 1 heterocycles. The van der Waals surface area contributed by atoms with Crippen LogP contribution < -0.4 is 5.73 Å². The van der Waals surface area contributed by atoms with Gasteiger partial charge in [-0.15, -0.1) is 0 Å². The second kappa shape index (κ2) is 5.47. The quantitative estimate of drug-likeness (QED) is 0.714. The highest BCUT2D eigenvalue weighted by atomic mass is 16.4. The molecule has 15 heavy (non-hydrogen) atoms. The molecule has 0 aromatic heterocycles. The number of hydrogen-bond donors (Lipinski definition) is 2. The molecule has 0 spiro atoms. The van der Waals surface area contributed by atoms with Crippen LogP contribution in [0.3, 0.4) is 0 Å². The molecule has 3 N–H and O–H groups in total. The summed E-state index contributed by atoms with van der Waals surface area (Å²) in [5.41, 5.74) is 4.99. The van der Waals surface area contributed by atoms with Gasteiger partial charge in [0.05, 0.1) is 5.41 Å². The van der Waals surface area contributed by atoms with E-state index in [1.54, 1.807) is 0 Å². The monoisotopic (exact) mass is 214 g/mol. The van der Waals surface area contributed by atoms with Crippen molar-refractivity contribution in [1.29, 1.82) is 0 Å². The summed E-state index contributed by atoms with van der Waals surface area (Å²) < 4.78 is 0. The van der Waals surface area contributed by atoms with Crippen molar-refractivity contribution in [1.82, 2.24) is 4.90 Å². The molecule has 1 rings (SSSR count). The molecule has 0 amide bonds. The molecule has 0 bridgehead atoms. The zero-order valence-corrected chi connectivity index (χ0v) is 9.54. The molecule has 0 aromatic carbocycles. The molecular formula is C11H22N2O2. The Balaban J connectivity index is 2.42. The van der Waals surface area contributed by atoms with E-state index in [9.17, 15) is 9.90 Å². The first-order chi connectivity index (χ1) is 7.14. The van der Waals surface area contributed by atoms with Crippen molar-refractivity contribution in [2.45, 2.75) is 32.6 Å². The average Bonchev–Trinajstić information content (AvgIpc) is 2.27. The number of nitrogens with zero attached hydrogens (tertiary/aromatic N) is 1. The second-order valence-corrected chi connectivity index (χ2v) is 4.42. The molecule has 0 aromatic rings. The van der Waals surface area contributed by atoms with Crippen LogP contribution in [-0.2, 0) is 4.79 Å². The molecule has 0 atom stereocenters. The minimum atomic E-state index is -0.622. The average molecular weight is 214 g/mol. The van der Waals surface area contributed by atoms with Gasteiger partial charge in [0.15, 0.2) is 0 Å². The van der Waals surface area contributed by atoms with Gasteiger partial charge in [-0.2, -0.15) is 0 Å². The van der Waals surface area contributed by atoms with Gasteiger partial charge in [-0.25, -0.2) is 0 Å². The molecule has 0 unspecified atom stereocenters. The summed E-state index contributed by atoms with van der Waals surface area (Å²) in [6.07, 6.45) is 3.31. The van der Waals surface area contributed by atoms with E-state index in [2.05, 4.69) is 4.90 Å². The van der Waals surface area contributed by atoms with Gasteiger partial charge < -0.3 is 15.7 Å². The lowest BCUT2D eigenvalue weighted by Gasteiger charge is -2.38. The Bertz CT molecular complexity index is 211. The van der Waals surface area contributed by atoms with Crippen LogP contribution in [0.4, 0.5) is 0 Å². The van der Waals surface area contributed by atoms with Gasteiger partial charge in [0.25, 0.3) is 0 Å². The van der Waals surface area contributed by atoms with Crippen molar-refractivity contribution < 1.29 is 9.90 Å². The van der Waals surface area contributed by atoms with E-state index in [4.69, 9.17) is 5.73 Å². The van der Waals surface area contributed by atoms with Gasteiger partial charge in [0, 0.05) is 0 Å². The molecule has 0 saturated carbocycles. The van der Waals surface area contributed by atoms with E-state index in [0.717, 1.165) is 45.3 Å². The fraction of sp³-hybridized carbons (Fsp3) is 0.909. The maximum absolute atomic E-state index is 11.2. The number of rotatable bonds is 5. The first kappa shape index (κ1) is 12.5. The molecule has 0 aliphatic carbocycles. The van der Waals surface area contributed by atoms with Crippen LogP contribution in [0.15, 0.2) is 0 Å². The Morgan fingerprint density at radius 3 is 2.47 bits per heavy atom. The van der Waals surface area contributed by atoms with E-state index in [0.29, 0.717) is 6.54 Å². The molecule has 1 aliphatic heterocycles. The van der Waals surface area contributed by atoms with E-state index >= 15 is 0 Å². The van der Waals surface area contributed by atoms with Gasteiger partial charge >= 0.3 is 5.97 Å². The Morgan fingerprint density at radius 2 is 2.07 bits per heavy atom. The zero-order valence-electron chi connectivity index (χ0n) is 9.54. The van der Waals surface area contributed by atoms with Gasteiger partial charge in [0.1, 0.15) is 0 Å². The van der Waals surface area contributed by atoms with Gasteiger partial charge in [-0.3, -0.25) is 4.79 Å². The van der Waals surface area contributed by atoms with Crippen LogP contribution in [0.1, 0.15) is 32.6 Å². The molecule has 4 nitrogen and oxygen atoms in total. The SMILES string of the molecule is CCC1(C(=O)O)CCN(CCCN)CC1. The predicted molar refractivity (Wildman–Crippen MR) is 59.7 cm³/mol. The topological polar surface area (TPSA) is 66.6 Å². The fourth-order valence-electron chi connectivity index (χ4n) is 2.24. The number of carboxylic acid groups (broad SMARTS) is 1. The summed E-state index contributed by atoms with van der Waals surface area (Å²) in [6, 6.07) is 0. The number of likely N-dealkylation sites (tertiary alicyclic amines) is 1. The summed E-state index contributed by atoms with van der Waals surface area (Å²) in [5, 5.41) is 9.21. The van der Waals surface area contributed by atoms with Crippen molar-refractivity contribution in [3.8, 4) is 0 Å². The molecular weight excluding hydrogens is 192 g/mol. The highest BCUT2D eigenvalue weighted by Gasteiger charge is 2.39. The van der Waals surface area contributed by atoms with Crippen LogP contribution in [0, 0.1) is 5.41 Å². The number of carboxylic acids is 1. The van der Waals surface area contributed by atoms with Gasteiger partial charge in [-0.05, 0) is 51.9 Å². The third kappa shape index (κ3) is 2.92. The molecule has 1 saturated heterocycles. The maximum atomic E-state index is 11.2. The van der Waals surface area contributed by atoms with Crippen LogP contribution in [-0.4, -0.2) is 42.2 Å². The molecule has 1 fully saturated rings. The van der Waals surface area contributed by atoms with Crippen LogP contribution >= 0.6 is 0 Å². The predicted octanol–water partition coefficient (Wildman–Crippen LogP) is 0.912. The number of carbonyl (C=O) groups is 1. The first-order valence-corrected chi connectivity index (χ1v) is 5.80. The van der Waals surface area contributed by atoms with Crippen LogP contribution in [0.5, 0.6) is 0 Å². The lowest BCUT2D eigenvalue weighted by atomic mass is 9.76. The fourth-order valence-corrected chi connectivity index (χ4v) is 2.24. The van der Waals surface area contributed by atoms with Crippen LogP contribution in [0.2, 0.25) is 0 Å². The highest BCUT2D eigenvalue weighted by molar-refractivity contribution is 5.74. The Morgan fingerprint density at radius 1 is 1.47 bits per heavy atom. The maximum Gasteiger partial charge on any atom is 0.309 e. The third-order valence-corrected chi connectivity index (χ3v) is 3.62. The molecule has 1 aliphatic rings. The van der Waals surface area contributed by atoms with Crippen molar-refractivity contribution in [3.63, 3.8) is 0 Å². The van der Waals surface area contributed by atoms with E-state index in [-0.39, 0.29) is 0 Å². The smallest absolute Gasteiger partial charge is 0.309 e. The van der Waals surface area contributed by atoms with Crippen molar-refractivity contribution >= 4 is 5.97 Å². The van der Waals surface area contributed by atoms with E-state index in [1.807, 2.05) is 6.92 Å². The number of nitrogens with two attached hydrogens (primary N) is 1. The van der Waals surface area contributed by atoms with Crippen molar-refractivity contribution in [3.05, 3.63) is 0 Å². The van der Waals surface area contributed by atoms with E-state index < -0.39 is 11.4 Å². The lowest BCUT2D eigenvalue weighted by molar-refractivity contribution is -0.152. The Hall–Kier alpha value is -0.610. The van der Waals surface area contributed by atoms with Crippen LogP contribution in [0.25, 0.3) is 0 Å². The largest absolute Gasteiger partial charge is 0.481 e. The zero-order chi connectivity index (χ0) is 11.3. The summed E-state index contributed by atoms with van der Waals surface area (Å²) in [4.78, 5) is 13.5. The minimum Gasteiger partial charge on any atom is -0.481 e. The molecule has 4 heteroatoms. The van der Waals surface area contributed by atoms with Gasteiger partial charge in [-0.1, -0.05) is 6.92 Å². The Kier molecular flexibility index (Phi) is 4.54. The van der Waals surface area contributed by atoms with Gasteiger partial charge in [0.2, 0.25) is 0 Å². The van der Waals surface area contributed by atoms with Crippen molar-refractivity contribution in [2.24, 2.45) is 11.1 Å². The minimum absolute atomic E-state index is 0.459. The highest BCUT2D eigenvalue weighted by Crippen LogP contribution is 2.34. The second-order valence-electron chi connectivity index (χ2n) is 4.42. The molecule has 88 valence electrons. The molecule has 0 radical (unpaired) electrons. The number of hydrogen-bond acceptors (Lipinski definition) is 3. The number of aliphatic carboxylic acids is 1. The standard InChI is InChI=1S/C11H22N2O2/c1-2-11(10(14)15)4-8-13(9-5-11)7-3-6-12/h2-9,12H2,1H3,(H,14,15).